The zero-order chi connectivity index (χ0) is 26.3. The van der Waals surface area contributed by atoms with Crippen molar-refractivity contribution in [2.75, 3.05) is 5.32 Å². The second-order valence-corrected chi connectivity index (χ2v) is 9.17. The molecule has 0 aliphatic rings. The van der Waals surface area contributed by atoms with E-state index in [0.29, 0.717) is 29.5 Å². The summed E-state index contributed by atoms with van der Waals surface area (Å²) >= 11 is 0. The van der Waals surface area contributed by atoms with Crippen LogP contribution in [0.5, 0.6) is 5.75 Å². The molecule has 36 heavy (non-hydrogen) atoms. The lowest BCUT2D eigenvalue weighted by Crippen LogP contribution is -2.29. The van der Waals surface area contributed by atoms with Crippen LogP contribution in [0.2, 0.25) is 0 Å². The molecular weight excluding hydrogens is 460 g/mol. The summed E-state index contributed by atoms with van der Waals surface area (Å²) in [5.41, 5.74) is 2.71. The number of nitrogens with one attached hydrogen (secondary N) is 2. The number of ether oxygens (including phenoxy) is 1. The Hall–Kier alpha value is -4.17. The number of ketones is 1. The van der Waals surface area contributed by atoms with Crippen molar-refractivity contribution in [2.45, 2.75) is 39.7 Å². The summed E-state index contributed by atoms with van der Waals surface area (Å²) < 4.78 is 5.99. The zero-order valence-electron chi connectivity index (χ0n) is 20.4. The summed E-state index contributed by atoms with van der Waals surface area (Å²) in [6, 6.07) is 17.2. The molecule has 3 rings (SSSR count). The highest BCUT2D eigenvalue weighted by atomic mass is 16.6. The van der Waals surface area contributed by atoms with Crippen molar-refractivity contribution in [1.82, 2.24) is 5.48 Å². The van der Waals surface area contributed by atoms with Crippen molar-refractivity contribution in [3.8, 4) is 5.75 Å². The van der Waals surface area contributed by atoms with E-state index in [0.717, 1.165) is 10.9 Å². The molecule has 8 heteroatoms. The van der Waals surface area contributed by atoms with Gasteiger partial charge in [-0.3, -0.25) is 20.1 Å². The minimum Gasteiger partial charge on any atom is -0.507 e. The van der Waals surface area contributed by atoms with Gasteiger partial charge in [0.2, 0.25) is 0 Å². The number of amides is 2. The van der Waals surface area contributed by atoms with E-state index in [1.165, 1.54) is 13.0 Å². The maximum Gasteiger partial charge on any atom is 0.412 e. The number of fused-ring (bicyclic) bond motifs is 1. The number of hydroxylamine groups is 1. The summed E-state index contributed by atoms with van der Waals surface area (Å²) in [6.07, 6.45) is 2.53. The number of allylic oxidation sites excluding steroid dienone is 1. The van der Waals surface area contributed by atoms with Gasteiger partial charge in [-0.25, -0.2) is 10.3 Å². The van der Waals surface area contributed by atoms with Crippen molar-refractivity contribution in [1.29, 1.82) is 0 Å². The second kappa shape index (κ2) is 11.5. The van der Waals surface area contributed by atoms with Crippen LogP contribution in [-0.2, 0) is 9.53 Å². The maximum atomic E-state index is 13.0. The third-order valence-electron chi connectivity index (χ3n) is 6.02. The van der Waals surface area contributed by atoms with Gasteiger partial charge in [-0.15, -0.1) is 0 Å². The predicted molar refractivity (Wildman–Crippen MR) is 137 cm³/mol. The van der Waals surface area contributed by atoms with E-state index in [1.807, 2.05) is 32.0 Å². The predicted octanol–water partition coefficient (Wildman–Crippen LogP) is 5.91. The monoisotopic (exact) mass is 490 g/mol. The standard InChI is InChI=1S/C28H30N2O6/c1-18(31)19-11-13-20(14-12-19)29-27(34)36-26(28(2,3)17-7-6-10-25(33)30-35)23-15-16-24(32)22-9-5-4-8-21(22)23/h4-6,8-16,26,32,35H,7,17H2,1-3H3,(H,29,34)(H,30,33)/b10-6+/t26-/m1/s1. The van der Waals surface area contributed by atoms with Crippen molar-refractivity contribution < 1.29 is 29.4 Å². The summed E-state index contributed by atoms with van der Waals surface area (Å²) in [4.78, 5) is 35.8. The number of phenols is 1. The summed E-state index contributed by atoms with van der Waals surface area (Å²) in [7, 11) is 0. The topological polar surface area (TPSA) is 125 Å². The van der Waals surface area contributed by atoms with Gasteiger partial charge in [0, 0.05) is 33.7 Å². The molecule has 1 atom stereocenters. The number of hydrogen-bond acceptors (Lipinski definition) is 6. The van der Waals surface area contributed by atoms with E-state index < -0.39 is 23.5 Å². The van der Waals surface area contributed by atoms with Crippen LogP contribution < -0.4 is 10.8 Å². The summed E-state index contributed by atoms with van der Waals surface area (Å²) in [6.45, 7) is 5.37. The lowest BCUT2D eigenvalue weighted by molar-refractivity contribution is -0.124. The highest BCUT2D eigenvalue weighted by Gasteiger charge is 2.35. The minimum atomic E-state index is -0.709. The Labute approximate surface area is 209 Å². The van der Waals surface area contributed by atoms with Crippen LogP contribution >= 0.6 is 0 Å². The number of rotatable bonds is 9. The Morgan fingerprint density at radius 1 is 1.00 bits per heavy atom. The molecule has 0 heterocycles. The lowest BCUT2D eigenvalue weighted by atomic mass is 9.77. The van der Waals surface area contributed by atoms with Crippen molar-refractivity contribution in [3.05, 3.63) is 83.9 Å². The fourth-order valence-corrected chi connectivity index (χ4v) is 4.04. The van der Waals surface area contributed by atoms with Gasteiger partial charge in [0.05, 0.1) is 0 Å². The average molecular weight is 491 g/mol. The van der Waals surface area contributed by atoms with Crippen molar-refractivity contribution in [3.63, 3.8) is 0 Å². The van der Waals surface area contributed by atoms with Crippen LogP contribution in [0.15, 0.2) is 72.8 Å². The van der Waals surface area contributed by atoms with E-state index in [-0.39, 0.29) is 11.5 Å². The molecule has 0 fully saturated rings. The molecule has 4 N–H and O–H groups in total. The normalized spacial score (nSPS) is 12.3. The molecule has 8 nitrogen and oxygen atoms in total. The Morgan fingerprint density at radius 2 is 1.67 bits per heavy atom. The van der Waals surface area contributed by atoms with Crippen LogP contribution in [0.25, 0.3) is 10.8 Å². The van der Waals surface area contributed by atoms with Crippen LogP contribution in [-0.4, -0.2) is 28.1 Å². The molecule has 0 spiro atoms. The molecule has 0 saturated heterocycles. The third-order valence-corrected chi connectivity index (χ3v) is 6.02. The first-order valence-electron chi connectivity index (χ1n) is 11.5. The Morgan fingerprint density at radius 3 is 2.31 bits per heavy atom. The SMILES string of the molecule is CC(=O)c1ccc(NC(=O)O[C@H](c2ccc(O)c3ccccc23)C(C)(C)CC/C=C/C(=O)NO)cc1. The van der Waals surface area contributed by atoms with E-state index in [4.69, 9.17) is 9.94 Å². The number of benzene rings is 3. The number of Topliss-reactive ketones (excluding diaryl/α,β-unsaturated/α-hetero) is 1. The number of phenolic OH excluding ortho intramolecular Hbond substituents is 1. The largest absolute Gasteiger partial charge is 0.507 e. The maximum absolute atomic E-state index is 13.0. The first-order chi connectivity index (χ1) is 17.1. The molecule has 2 amide bonds. The van der Waals surface area contributed by atoms with E-state index in [2.05, 4.69) is 5.32 Å². The molecular formula is C28H30N2O6. The van der Waals surface area contributed by atoms with E-state index in [9.17, 15) is 19.5 Å². The molecule has 0 bridgehead atoms. The van der Waals surface area contributed by atoms with Crippen LogP contribution in [0, 0.1) is 5.41 Å². The molecule has 188 valence electrons. The van der Waals surface area contributed by atoms with E-state index in [1.54, 1.807) is 54.0 Å². The molecule has 0 aromatic heterocycles. The second-order valence-electron chi connectivity index (χ2n) is 9.17. The van der Waals surface area contributed by atoms with Gasteiger partial charge < -0.3 is 9.84 Å². The molecule has 0 unspecified atom stereocenters. The number of carbonyl (C=O) groups excluding carboxylic acids is 3. The molecule has 3 aromatic rings. The number of hydrogen-bond donors (Lipinski definition) is 4. The first-order valence-corrected chi connectivity index (χ1v) is 11.5. The van der Waals surface area contributed by atoms with Gasteiger partial charge in [0.1, 0.15) is 11.9 Å². The molecule has 0 aliphatic heterocycles. The average Bonchev–Trinajstić information content (AvgIpc) is 2.86. The Bertz CT molecular complexity index is 1280. The third kappa shape index (κ3) is 6.49. The lowest BCUT2D eigenvalue weighted by Gasteiger charge is -2.35. The molecule has 0 aliphatic carbocycles. The van der Waals surface area contributed by atoms with Gasteiger partial charge in [-0.1, -0.05) is 50.3 Å². The molecule has 3 aromatic carbocycles. The van der Waals surface area contributed by atoms with Gasteiger partial charge in [0.15, 0.2) is 5.78 Å². The number of anilines is 1. The van der Waals surface area contributed by atoms with Crippen LogP contribution in [0.1, 0.15) is 55.6 Å². The van der Waals surface area contributed by atoms with Crippen molar-refractivity contribution >= 4 is 34.2 Å². The molecule has 0 radical (unpaired) electrons. The molecule has 0 saturated carbocycles. The van der Waals surface area contributed by atoms with E-state index >= 15 is 0 Å². The Kier molecular flexibility index (Phi) is 8.45. The smallest absolute Gasteiger partial charge is 0.412 e. The van der Waals surface area contributed by atoms with Gasteiger partial charge in [-0.05, 0) is 55.5 Å². The van der Waals surface area contributed by atoms with Gasteiger partial charge in [-0.2, -0.15) is 0 Å². The Balaban J connectivity index is 1.91. The summed E-state index contributed by atoms with van der Waals surface area (Å²) in [5, 5.41) is 23.1. The van der Waals surface area contributed by atoms with Gasteiger partial charge in [0.25, 0.3) is 5.91 Å². The zero-order valence-corrected chi connectivity index (χ0v) is 20.4. The minimum absolute atomic E-state index is 0.0735. The number of aromatic hydroxyl groups is 1. The number of carbonyl (C=O) groups is 3. The van der Waals surface area contributed by atoms with Crippen molar-refractivity contribution in [2.24, 2.45) is 5.41 Å². The fraction of sp³-hybridized carbons (Fsp3) is 0.250. The first kappa shape index (κ1) is 26.4. The van der Waals surface area contributed by atoms with Crippen LogP contribution in [0.4, 0.5) is 10.5 Å². The van der Waals surface area contributed by atoms with Crippen LogP contribution in [0.3, 0.4) is 0 Å². The quantitative estimate of drug-likeness (QED) is 0.128. The fourth-order valence-electron chi connectivity index (χ4n) is 4.04. The highest BCUT2D eigenvalue weighted by Crippen LogP contribution is 2.44. The van der Waals surface area contributed by atoms with Gasteiger partial charge >= 0.3 is 6.09 Å². The highest BCUT2D eigenvalue weighted by molar-refractivity contribution is 5.95. The summed E-state index contributed by atoms with van der Waals surface area (Å²) in [5.74, 6) is -0.574.